The highest BCUT2D eigenvalue weighted by atomic mass is 32.1. The van der Waals surface area contributed by atoms with Crippen LogP contribution in [0.15, 0.2) is 23.6 Å². The number of hydrogen-bond acceptors (Lipinski definition) is 5. The van der Waals surface area contributed by atoms with Crippen LogP contribution in [0.25, 0.3) is 0 Å². The maximum Gasteiger partial charge on any atom is 0.160 e. The van der Waals surface area contributed by atoms with Crippen LogP contribution in [0.4, 0.5) is 0 Å². The minimum Gasteiger partial charge on any atom is -0.383 e. The summed E-state index contributed by atoms with van der Waals surface area (Å²) in [6, 6.07) is 5.08. The molecule has 1 atom stereocenters. The third kappa shape index (κ3) is 1.97. The van der Waals surface area contributed by atoms with Gasteiger partial charge >= 0.3 is 0 Å². The Bertz CT molecular complexity index is 513. The third-order valence-electron chi connectivity index (χ3n) is 2.16. The van der Waals surface area contributed by atoms with Crippen LogP contribution in [0, 0.1) is 0 Å². The second-order valence-electron chi connectivity index (χ2n) is 3.12. The molecule has 3 nitrogen and oxygen atoms in total. The van der Waals surface area contributed by atoms with E-state index in [2.05, 4.69) is 0 Å². The van der Waals surface area contributed by atoms with Crippen LogP contribution >= 0.6 is 22.7 Å². The molecular formula is C11H8O3S2. The minimum absolute atomic E-state index is 0.522. The van der Waals surface area contributed by atoms with Crippen molar-refractivity contribution in [2.75, 3.05) is 0 Å². The molecule has 0 fully saturated rings. The number of carbonyl (C=O) groups is 2. The molecule has 0 aliphatic heterocycles. The molecule has 2 aromatic heterocycles. The number of hydrogen-bond donors (Lipinski definition) is 1. The zero-order chi connectivity index (χ0) is 11.5. The highest BCUT2D eigenvalue weighted by Crippen LogP contribution is 2.31. The molecule has 82 valence electrons. The largest absolute Gasteiger partial charge is 0.383 e. The van der Waals surface area contributed by atoms with Gasteiger partial charge < -0.3 is 5.11 Å². The van der Waals surface area contributed by atoms with Gasteiger partial charge in [0, 0.05) is 10.4 Å². The van der Waals surface area contributed by atoms with Gasteiger partial charge in [0.05, 0.1) is 9.75 Å². The minimum atomic E-state index is -0.829. The standard InChI is InChI=1S/C11H8O3S2/c12-5-7-1-2-9(16-7)11(14)8-3-4-15-10(8)6-13/h1-6,11,14H. The van der Waals surface area contributed by atoms with Crippen LogP contribution in [0.2, 0.25) is 0 Å². The Kier molecular flexibility index (Phi) is 3.28. The zero-order valence-corrected chi connectivity index (χ0v) is 9.75. The summed E-state index contributed by atoms with van der Waals surface area (Å²) in [6.07, 6.45) is 0.650. The average molecular weight is 252 g/mol. The summed E-state index contributed by atoms with van der Waals surface area (Å²) in [5, 5.41) is 11.8. The first kappa shape index (κ1) is 11.2. The fourth-order valence-electron chi connectivity index (χ4n) is 1.38. The fourth-order valence-corrected chi connectivity index (χ4v) is 2.95. The zero-order valence-electron chi connectivity index (χ0n) is 8.12. The van der Waals surface area contributed by atoms with Crippen molar-refractivity contribution >= 4 is 35.2 Å². The summed E-state index contributed by atoms with van der Waals surface area (Å²) in [6.45, 7) is 0. The van der Waals surface area contributed by atoms with Crippen LogP contribution in [0.1, 0.15) is 35.9 Å². The van der Waals surface area contributed by atoms with Gasteiger partial charge in [-0.2, -0.15) is 0 Å². The number of carbonyl (C=O) groups excluding carboxylic acids is 2. The number of rotatable bonds is 4. The Morgan fingerprint density at radius 3 is 2.62 bits per heavy atom. The Morgan fingerprint density at radius 2 is 2.00 bits per heavy atom. The molecule has 0 saturated carbocycles. The topological polar surface area (TPSA) is 54.4 Å². The Labute approximate surface area is 100.0 Å². The Hall–Kier alpha value is -1.30. The van der Waals surface area contributed by atoms with Crippen molar-refractivity contribution in [3.63, 3.8) is 0 Å². The summed E-state index contributed by atoms with van der Waals surface area (Å²) >= 11 is 2.52. The molecule has 0 spiro atoms. The van der Waals surface area contributed by atoms with Crippen LogP contribution in [-0.4, -0.2) is 17.7 Å². The number of aliphatic hydroxyl groups is 1. The molecule has 0 aliphatic rings. The summed E-state index contributed by atoms with van der Waals surface area (Å²) in [5.41, 5.74) is 0.597. The molecule has 2 rings (SSSR count). The number of aldehydes is 2. The number of aliphatic hydroxyl groups excluding tert-OH is 1. The number of thiophene rings is 2. The van der Waals surface area contributed by atoms with E-state index in [1.165, 1.54) is 22.7 Å². The SMILES string of the molecule is O=Cc1ccc(C(O)c2ccsc2C=O)s1. The molecule has 2 aromatic rings. The lowest BCUT2D eigenvalue weighted by Gasteiger charge is -2.06. The van der Waals surface area contributed by atoms with Gasteiger partial charge in [0.2, 0.25) is 0 Å². The first-order chi connectivity index (χ1) is 7.76. The molecule has 16 heavy (non-hydrogen) atoms. The molecule has 5 heteroatoms. The van der Waals surface area contributed by atoms with Crippen molar-refractivity contribution in [2.24, 2.45) is 0 Å². The quantitative estimate of drug-likeness (QED) is 0.851. The fraction of sp³-hybridized carbons (Fsp3) is 0.0909. The van der Waals surface area contributed by atoms with Gasteiger partial charge in [-0.1, -0.05) is 0 Å². The van der Waals surface area contributed by atoms with Gasteiger partial charge in [0.1, 0.15) is 6.10 Å². The molecule has 0 bridgehead atoms. The lowest BCUT2D eigenvalue weighted by molar-refractivity contribution is 0.111. The van der Waals surface area contributed by atoms with Crippen molar-refractivity contribution in [3.8, 4) is 0 Å². The van der Waals surface area contributed by atoms with Gasteiger partial charge in [-0.05, 0) is 23.6 Å². The van der Waals surface area contributed by atoms with Crippen LogP contribution in [-0.2, 0) is 0 Å². The van der Waals surface area contributed by atoms with E-state index in [1.807, 2.05) is 0 Å². The molecule has 0 radical (unpaired) electrons. The van der Waals surface area contributed by atoms with Crippen LogP contribution < -0.4 is 0 Å². The highest BCUT2D eigenvalue weighted by Gasteiger charge is 2.17. The molecule has 1 unspecified atom stereocenters. The first-order valence-corrected chi connectivity index (χ1v) is 6.21. The van der Waals surface area contributed by atoms with Crippen molar-refractivity contribution in [2.45, 2.75) is 6.10 Å². The van der Waals surface area contributed by atoms with E-state index in [0.29, 0.717) is 20.2 Å². The second kappa shape index (κ2) is 4.69. The molecule has 0 aromatic carbocycles. The van der Waals surface area contributed by atoms with E-state index in [0.717, 1.165) is 12.6 Å². The van der Waals surface area contributed by atoms with E-state index >= 15 is 0 Å². The maximum absolute atomic E-state index is 10.7. The van der Waals surface area contributed by atoms with Crippen LogP contribution in [0.5, 0.6) is 0 Å². The summed E-state index contributed by atoms with van der Waals surface area (Å²) in [7, 11) is 0. The van der Waals surface area contributed by atoms with Gasteiger partial charge in [-0.15, -0.1) is 22.7 Å². The van der Waals surface area contributed by atoms with Crippen molar-refractivity contribution in [1.29, 1.82) is 0 Å². The van der Waals surface area contributed by atoms with E-state index < -0.39 is 6.10 Å². The van der Waals surface area contributed by atoms with Crippen molar-refractivity contribution < 1.29 is 14.7 Å². The maximum atomic E-state index is 10.7. The van der Waals surface area contributed by atoms with Gasteiger partial charge in [-0.25, -0.2) is 0 Å². The highest BCUT2D eigenvalue weighted by molar-refractivity contribution is 7.14. The third-order valence-corrected chi connectivity index (χ3v) is 4.08. The van der Waals surface area contributed by atoms with Gasteiger partial charge in [0.15, 0.2) is 12.6 Å². The van der Waals surface area contributed by atoms with Gasteiger partial charge in [0.25, 0.3) is 0 Å². The predicted molar refractivity (Wildman–Crippen MR) is 63.5 cm³/mol. The van der Waals surface area contributed by atoms with Gasteiger partial charge in [-0.3, -0.25) is 9.59 Å². The van der Waals surface area contributed by atoms with E-state index in [9.17, 15) is 14.7 Å². The molecule has 0 aliphatic carbocycles. The molecule has 0 amide bonds. The Morgan fingerprint density at radius 1 is 1.19 bits per heavy atom. The molecule has 0 saturated heterocycles. The predicted octanol–water partition coefficient (Wildman–Crippen LogP) is 2.52. The second-order valence-corrected chi connectivity index (χ2v) is 5.21. The van der Waals surface area contributed by atoms with Crippen molar-refractivity contribution in [1.82, 2.24) is 0 Å². The molecular weight excluding hydrogens is 244 g/mol. The molecule has 2 heterocycles. The lowest BCUT2D eigenvalue weighted by Crippen LogP contribution is -1.97. The Balaban J connectivity index is 2.34. The van der Waals surface area contributed by atoms with E-state index in [1.54, 1.807) is 23.6 Å². The smallest absolute Gasteiger partial charge is 0.160 e. The first-order valence-electron chi connectivity index (χ1n) is 4.52. The summed E-state index contributed by atoms with van der Waals surface area (Å²) in [5.74, 6) is 0. The lowest BCUT2D eigenvalue weighted by atomic mass is 10.1. The van der Waals surface area contributed by atoms with E-state index in [-0.39, 0.29) is 0 Å². The normalized spacial score (nSPS) is 12.3. The monoisotopic (exact) mass is 252 g/mol. The summed E-state index contributed by atoms with van der Waals surface area (Å²) < 4.78 is 0. The summed E-state index contributed by atoms with van der Waals surface area (Å²) in [4.78, 5) is 23.0. The van der Waals surface area contributed by atoms with E-state index in [4.69, 9.17) is 0 Å². The van der Waals surface area contributed by atoms with Crippen molar-refractivity contribution in [3.05, 3.63) is 43.8 Å². The van der Waals surface area contributed by atoms with Crippen LogP contribution in [0.3, 0.4) is 0 Å². The average Bonchev–Trinajstić information content (AvgIpc) is 2.96. The molecule has 1 N–H and O–H groups in total.